The predicted octanol–water partition coefficient (Wildman–Crippen LogP) is 5.78. The first-order valence-electron chi connectivity index (χ1n) is 7.73. The molecule has 4 heteroatoms. The summed E-state index contributed by atoms with van der Waals surface area (Å²) in [5, 5.41) is 10.5. The average Bonchev–Trinajstić information content (AvgIpc) is 2.99. The number of aromatic nitrogens is 1. The molecule has 3 nitrogen and oxygen atoms in total. The van der Waals surface area contributed by atoms with Gasteiger partial charge in [-0.2, -0.15) is 0 Å². The third kappa shape index (κ3) is 3.40. The number of carboxylic acids is 1. The van der Waals surface area contributed by atoms with Crippen LogP contribution in [0.2, 0.25) is 5.02 Å². The van der Waals surface area contributed by atoms with Crippen molar-refractivity contribution in [2.75, 3.05) is 0 Å². The highest BCUT2D eigenvalue weighted by atomic mass is 35.5. The molecule has 0 unspecified atom stereocenters. The van der Waals surface area contributed by atoms with E-state index in [2.05, 4.69) is 24.0 Å². The minimum Gasteiger partial charge on any atom is -0.478 e. The average molecular weight is 330 g/mol. The Kier molecular flexibility index (Phi) is 5.45. The monoisotopic (exact) mass is 329 g/mol. The topological polar surface area (TPSA) is 53.1 Å². The summed E-state index contributed by atoms with van der Waals surface area (Å²) in [5.74, 6) is -0.948. The van der Waals surface area contributed by atoms with Crippen LogP contribution in [0.5, 0.6) is 0 Å². The van der Waals surface area contributed by atoms with Gasteiger partial charge in [-0.1, -0.05) is 56.6 Å². The molecule has 23 heavy (non-hydrogen) atoms. The number of rotatable bonds is 3. The van der Waals surface area contributed by atoms with Gasteiger partial charge >= 0.3 is 5.97 Å². The Morgan fingerprint density at radius 1 is 1.17 bits per heavy atom. The van der Waals surface area contributed by atoms with Gasteiger partial charge in [-0.3, -0.25) is 0 Å². The lowest BCUT2D eigenvalue weighted by Crippen LogP contribution is -1.93. The number of H-pyrrole nitrogens is 1. The molecule has 0 saturated heterocycles. The SMILES string of the molecule is CC.CCc1ccc(-c2cc3c(C(=O)O)c[nH]c3cc2Cl)cc1. The number of aryl methyl sites for hydroxylation is 1. The molecular weight excluding hydrogens is 310 g/mol. The Bertz CT molecular complexity index is 819. The van der Waals surface area contributed by atoms with Crippen LogP contribution in [0.4, 0.5) is 0 Å². The summed E-state index contributed by atoms with van der Waals surface area (Å²) in [7, 11) is 0. The van der Waals surface area contributed by atoms with E-state index >= 15 is 0 Å². The number of aromatic carboxylic acids is 1. The Balaban J connectivity index is 0.000000924. The first-order chi connectivity index (χ1) is 11.1. The van der Waals surface area contributed by atoms with Crippen molar-refractivity contribution < 1.29 is 9.90 Å². The highest BCUT2D eigenvalue weighted by molar-refractivity contribution is 6.34. The molecule has 0 atom stereocenters. The molecule has 120 valence electrons. The van der Waals surface area contributed by atoms with Crippen LogP contribution in [0.15, 0.2) is 42.6 Å². The van der Waals surface area contributed by atoms with Crippen LogP contribution >= 0.6 is 11.6 Å². The second-order valence-corrected chi connectivity index (χ2v) is 5.34. The summed E-state index contributed by atoms with van der Waals surface area (Å²) < 4.78 is 0. The number of benzene rings is 2. The Morgan fingerprint density at radius 3 is 2.39 bits per heavy atom. The largest absolute Gasteiger partial charge is 0.478 e. The van der Waals surface area contributed by atoms with Crippen molar-refractivity contribution in [3.63, 3.8) is 0 Å². The molecule has 1 heterocycles. The minimum absolute atomic E-state index is 0.257. The zero-order chi connectivity index (χ0) is 17.0. The van der Waals surface area contributed by atoms with Crippen molar-refractivity contribution in [3.05, 3.63) is 58.7 Å². The van der Waals surface area contributed by atoms with Gasteiger partial charge in [-0.15, -0.1) is 0 Å². The predicted molar refractivity (Wildman–Crippen MR) is 96.4 cm³/mol. The summed E-state index contributed by atoms with van der Waals surface area (Å²) in [6.07, 6.45) is 2.47. The normalized spacial score (nSPS) is 10.3. The molecule has 0 aliphatic rings. The van der Waals surface area contributed by atoms with Gasteiger partial charge in [0.1, 0.15) is 0 Å². The lowest BCUT2D eigenvalue weighted by atomic mass is 10.0. The van der Waals surface area contributed by atoms with E-state index in [1.54, 1.807) is 6.07 Å². The number of hydrogen-bond donors (Lipinski definition) is 2. The summed E-state index contributed by atoms with van der Waals surface area (Å²) in [6, 6.07) is 11.7. The minimum atomic E-state index is -0.948. The van der Waals surface area contributed by atoms with Crippen molar-refractivity contribution in [1.82, 2.24) is 4.98 Å². The van der Waals surface area contributed by atoms with E-state index in [9.17, 15) is 9.90 Å². The van der Waals surface area contributed by atoms with E-state index in [1.165, 1.54) is 11.8 Å². The molecule has 3 rings (SSSR count). The maximum absolute atomic E-state index is 11.2. The first kappa shape index (κ1) is 17.1. The lowest BCUT2D eigenvalue weighted by molar-refractivity contribution is 0.0699. The van der Waals surface area contributed by atoms with Crippen molar-refractivity contribution in [3.8, 4) is 11.1 Å². The van der Waals surface area contributed by atoms with Crippen LogP contribution in [0.3, 0.4) is 0 Å². The van der Waals surface area contributed by atoms with Crippen molar-refractivity contribution in [2.24, 2.45) is 0 Å². The fraction of sp³-hybridized carbons (Fsp3) is 0.211. The van der Waals surface area contributed by atoms with E-state index < -0.39 is 5.97 Å². The van der Waals surface area contributed by atoms with E-state index in [-0.39, 0.29) is 5.56 Å². The number of carbonyl (C=O) groups is 1. The van der Waals surface area contributed by atoms with E-state index in [1.807, 2.05) is 32.0 Å². The van der Waals surface area contributed by atoms with Crippen LogP contribution in [-0.2, 0) is 6.42 Å². The van der Waals surface area contributed by atoms with Crippen LogP contribution in [0.1, 0.15) is 36.7 Å². The molecule has 3 aromatic rings. The fourth-order valence-corrected chi connectivity index (χ4v) is 2.73. The zero-order valence-electron chi connectivity index (χ0n) is 13.5. The molecule has 0 amide bonds. The molecular formula is C19H20ClNO2. The molecule has 1 aromatic heterocycles. The lowest BCUT2D eigenvalue weighted by Gasteiger charge is -2.07. The number of carboxylic acid groups (broad SMARTS) is 1. The highest BCUT2D eigenvalue weighted by Crippen LogP contribution is 2.33. The van der Waals surface area contributed by atoms with Gasteiger partial charge in [0, 0.05) is 22.7 Å². The van der Waals surface area contributed by atoms with Crippen LogP contribution in [0.25, 0.3) is 22.0 Å². The Morgan fingerprint density at radius 2 is 1.83 bits per heavy atom. The van der Waals surface area contributed by atoms with Gasteiger partial charge in [0.15, 0.2) is 0 Å². The number of nitrogens with one attached hydrogen (secondary N) is 1. The fourth-order valence-electron chi connectivity index (χ4n) is 2.46. The first-order valence-corrected chi connectivity index (χ1v) is 8.11. The third-order valence-electron chi connectivity index (χ3n) is 3.67. The zero-order valence-corrected chi connectivity index (χ0v) is 14.2. The Hall–Kier alpha value is -2.26. The molecule has 0 aliphatic carbocycles. The number of halogens is 1. The van der Waals surface area contributed by atoms with Crippen molar-refractivity contribution in [2.45, 2.75) is 27.2 Å². The van der Waals surface area contributed by atoms with Crippen LogP contribution in [0, 0.1) is 0 Å². The summed E-state index contributed by atoms with van der Waals surface area (Å²) >= 11 is 6.33. The van der Waals surface area contributed by atoms with Gasteiger partial charge in [0.2, 0.25) is 0 Å². The molecule has 0 saturated carbocycles. The summed E-state index contributed by atoms with van der Waals surface area (Å²) in [6.45, 7) is 6.10. The standard InChI is InChI=1S/C17H14ClNO2.C2H6/c1-2-10-3-5-11(6-4-10)12-7-13-14(17(20)21)9-19-16(13)8-15(12)18;1-2/h3-9,19H,2H2,1H3,(H,20,21);1-2H3. The van der Waals surface area contributed by atoms with E-state index in [4.69, 9.17) is 11.6 Å². The highest BCUT2D eigenvalue weighted by Gasteiger charge is 2.14. The van der Waals surface area contributed by atoms with Crippen LogP contribution in [-0.4, -0.2) is 16.1 Å². The van der Waals surface area contributed by atoms with Crippen LogP contribution < -0.4 is 0 Å². The van der Waals surface area contributed by atoms with Gasteiger partial charge < -0.3 is 10.1 Å². The van der Waals surface area contributed by atoms with Gasteiger partial charge in [-0.25, -0.2) is 4.79 Å². The van der Waals surface area contributed by atoms with Gasteiger partial charge in [0.25, 0.3) is 0 Å². The van der Waals surface area contributed by atoms with Crippen molar-refractivity contribution >= 4 is 28.5 Å². The van der Waals surface area contributed by atoms with Gasteiger partial charge in [-0.05, 0) is 29.7 Å². The second-order valence-electron chi connectivity index (χ2n) is 4.94. The maximum atomic E-state index is 11.2. The molecule has 0 bridgehead atoms. The summed E-state index contributed by atoms with van der Waals surface area (Å²) in [5.41, 5.74) is 4.06. The summed E-state index contributed by atoms with van der Waals surface area (Å²) in [4.78, 5) is 14.2. The second kappa shape index (κ2) is 7.34. The maximum Gasteiger partial charge on any atom is 0.337 e. The van der Waals surface area contributed by atoms with Gasteiger partial charge in [0.05, 0.1) is 10.6 Å². The molecule has 2 N–H and O–H groups in total. The Labute approximate surface area is 140 Å². The number of hydrogen-bond acceptors (Lipinski definition) is 1. The smallest absolute Gasteiger partial charge is 0.337 e. The third-order valence-corrected chi connectivity index (χ3v) is 3.99. The molecule has 2 aromatic carbocycles. The number of aromatic amines is 1. The molecule has 0 spiro atoms. The molecule has 0 fully saturated rings. The van der Waals surface area contributed by atoms with E-state index in [0.29, 0.717) is 10.4 Å². The molecule has 0 radical (unpaired) electrons. The molecule has 0 aliphatic heterocycles. The number of fused-ring (bicyclic) bond motifs is 1. The van der Waals surface area contributed by atoms with E-state index in [0.717, 1.165) is 23.1 Å². The quantitative estimate of drug-likeness (QED) is 0.640. The van der Waals surface area contributed by atoms with Crippen molar-refractivity contribution in [1.29, 1.82) is 0 Å².